The standard InChI is InChI=1S/C14H23N/c1-4-15(5-2)12-13(3)11-14-9-7-6-8-10-14/h6-10,13H,4-5,11-12H2,1-3H3/t13-/m0/s1. The van der Waals surface area contributed by atoms with Crippen LogP contribution in [0.3, 0.4) is 0 Å². The predicted molar refractivity (Wildman–Crippen MR) is 67.1 cm³/mol. The van der Waals surface area contributed by atoms with Crippen LogP contribution in [0, 0.1) is 5.92 Å². The first-order valence-corrected chi connectivity index (χ1v) is 6.02. The van der Waals surface area contributed by atoms with Crippen LogP contribution >= 0.6 is 0 Å². The minimum atomic E-state index is 0.743. The SMILES string of the molecule is CCN(CC)C[C@@H](C)Cc1ccccc1. The lowest BCUT2D eigenvalue weighted by Gasteiger charge is -2.22. The third kappa shape index (κ3) is 4.48. The Balaban J connectivity index is 2.39. The minimum absolute atomic E-state index is 0.743. The molecule has 15 heavy (non-hydrogen) atoms. The van der Waals surface area contributed by atoms with E-state index in [0.717, 1.165) is 19.0 Å². The van der Waals surface area contributed by atoms with E-state index in [1.807, 2.05) is 0 Å². The van der Waals surface area contributed by atoms with E-state index in [-0.39, 0.29) is 0 Å². The highest BCUT2D eigenvalue weighted by atomic mass is 15.1. The van der Waals surface area contributed by atoms with Gasteiger partial charge in [-0.3, -0.25) is 0 Å². The molecule has 0 aliphatic rings. The van der Waals surface area contributed by atoms with Gasteiger partial charge < -0.3 is 4.90 Å². The van der Waals surface area contributed by atoms with E-state index in [9.17, 15) is 0 Å². The second-order valence-electron chi connectivity index (χ2n) is 4.28. The summed E-state index contributed by atoms with van der Waals surface area (Å²) in [6.07, 6.45) is 1.19. The van der Waals surface area contributed by atoms with E-state index in [4.69, 9.17) is 0 Å². The van der Waals surface area contributed by atoms with Crippen LogP contribution in [-0.4, -0.2) is 24.5 Å². The molecule has 0 saturated heterocycles. The molecule has 0 radical (unpaired) electrons. The van der Waals surface area contributed by atoms with Gasteiger partial charge in [0.25, 0.3) is 0 Å². The van der Waals surface area contributed by atoms with E-state index >= 15 is 0 Å². The largest absolute Gasteiger partial charge is 0.304 e. The van der Waals surface area contributed by atoms with Crippen molar-refractivity contribution in [1.82, 2.24) is 4.90 Å². The van der Waals surface area contributed by atoms with E-state index in [1.165, 1.54) is 18.5 Å². The van der Waals surface area contributed by atoms with Crippen molar-refractivity contribution in [2.24, 2.45) is 5.92 Å². The molecule has 0 aromatic heterocycles. The maximum atomic E-state index is 2.49. The van der Waals surface area contributed by atoms with Gasteiger partial charge in [-0.1, -0.05) is 51.1 Å². The molecule has 0 unspecified atom stereocenters. The zero-order valence-corrected chi connectivity index (χ0v) is 10.2. The zero-order valence-electron chi connectivity index (χ0n) is 10.2. The summed E-state index contributed by atoms with van der Waals surface area (Å²) >= 11 is 0. The number of hydrogen-bond acceptors (Lipinski definition) is 1. The quantitative estimate of drug-likeness (QED) is 0.689. The zero-order chi connectivity index (χ0) is 11.1. The Morgan fingerprint density at radius 3 is 2.20 bits per heavy atom. The van der Waals surface area contributed by atoms with Crippen molar-refractivity contribution in [3.8, 4) is 0 Å². The summed E-state index contributed by atoms with van der Waals surface area (Å²) in [6.45, 7) is 10.3. The third-order valence-corrected chi connectivity index (χ3v) is 2.89. The van der Waals surface area contributed by atoms with Gasteiger partial charge in [-0.15, -0.1) is 0 Å². The summed E-state index contributed by atoms with van der Waals surface area (Å²) in [5, 5.41) is 0. The molecular weight excluding hydrogens is 182 g/mol. The second kappa shape index (κ2) is 6.62. The predicted octanol–water partition coefficient (Wildman–Crippen LogP) is 3.21. The van der Waals surface area contributed by atoms with Crippen molar-refractivity contribution in [1.29, 1.82) is 0 Å². The number of nitrogens with zero attached hydrogens (tertiary/aromatic N) is 1. The van der Waals surface area contributed by atoms with Crippen molar-refractivity contribution < 1.29 is 0 Å². The van der Waals surface area contributed by atoms with Crippen molar-refractivity contribution in [2.45, 2.75) is 27.2 Å². The summed E-state index contributed by atoms with van der Waals surface area (Å²) < 4.78 is 0. The Kier molecular flexibility index (Phi) is 5.41. The molecule has 1 atom stereocenters. The lowest BCUT2D eigenvalue weighted by molar-refractivity contribution is 0.260. The molecule has 0 aliphatic carbocycles. The van der Waals surface area contributed by atoms with Gasteiger partial charge in [0.2, 0.25) is 0 Å². The molecule has 0 spiro atoms. The minimum Gasteiger partial charge on any atom is -0.304 e. The Morgan fingerprint density at radius 1 is 1.07 bits per heavy atom. The van der Waals surface area contributed by atoms with Crippen molar-refractivity contribution in [2.75, 3.05) is 19.6 Å². The highest BCUT2D eigenvalue weighted by molar-refractivity contribution is 5.15. The normalized spacial score (nSPS) is 13.1. The first-order chi connectivity index (χ1) is 7.26. The molecule has 84 valence electrons. The molecule has 0 fully saturated rings. The summed E-state index contributed by atoms with van der Waals surface area (Å²) in [7, 11) is 0. The van der Waals surface area contributed by atoms with Gasteiger partial charge in [0.05, 0.1) is 0 Å². The molecule has 0 aliphatic heterocycles. The molecule has 1 rings (SSSR count). The van der Waals surface area contributed by atoms with Crippen LogP contribution in [0.5, 0.6) is 0 Å². The van der Waals surface area contributed by atoms with Gasteiger partial charge in [-0.25, -0.2) is 0 Å². The summed E-state index contributed by atoms with van der Waals surface area (Å²) in [6, 6.07) is 10.8. The molecule has 1 aromatic rings. The van der Waals surface area contributed by atoms with Crippen LogP contribution in [0.4, 0.5) is 0 Å². The van der Waals surface area contributed by atoms with Crippen LogP contribution in [0.1, 0.15) is 26.3 Å². The average molecular weight is 205 g/mol. The maximum Gasteiger partial charge on any atom is 0.000996 e. The molecular formula is C14H23N. The molecule has 1 nitrogen and oxygen atoms in total. The first-order valence-electron chi connectivity index (χ1n) is 6.02. The second-order valence-corrected chi connectivity index (χ2v) is 4.28. The summed E-state index contributed by atoms with van der Waals surface area (Å²) in [5.41, 5.74) is 1.46. The van der Waals surface area contributed by atoms with Gasteiger partial charge in [-0.05, 0) is 31.0 Å². The Bertz CT molecular complexity index is 251. The monoisotopic (exact) mass is 205 g/mol. The maximum absolute atomic E-state index is 2.49. The van der Waals surface area contributed by atoms with Gasteiger partial charge in [0, 0.05) is 6.54 Å². The van der Waals surface area contributed by atoms with Crippen molar-refractivity contribution in [3.63, 3.8) is 0 Å². The lowest BCUT2D eigenvalue weighted by atomic mass is 10.0. The van der Waals surface area contributed by atoms with Crippen molar-refractivity contribution in [3.05, 3.63) is 35.9 Å². The fourth-order valence-corrected chi connectivity index (χ4v) is 2.00. The third-order valence-electron chi connectivity index (χ3n) is 2.89. The molecule has 0 heterocycles. The smallest absolute Gasteiger partial charge is 0.000996 e. The van der Waals surface area contributed by atoms with E-state index in [0.29, 0.717) is 0 Å². The van der Waals surface area contributed by atoms with E-state index in [2.05, 4.69) is 56.0 Å². The van der Waals surface area contributed by atoms with Gasteiger partial charge >= 0.3 is 0 Å². The molecule has 0 bridgehead atoms. The van der Waals surface area contributed by atoms with Crippen LogP contribution in [-0.2, 0) is 6.42 Å². The highest BCUT2D eigenvalue weighted by Gasteiger charge is 2.07. The molecule has 1 heteroatoms. The van der Waals surface area contributed by atoms with Crippen LogP contribution in [0.25, 0.3) is 0 Å². The van der Waals surface area contributed by atoms with Crippen LogP contribution in [0.15, 0.2) is 30.3 Å². The highest BCUT2D eigenvalue weighted by Crippen LogP contribution is 2.09. The van der Waals surface area contributed by atoms with E-state index in [1.54, 1.807) is 0 Å². The fraction of sp³-hybridized carbons (Fsp3) is 0.571. The lowest BCUT2D eigenvalue weighted by Crippen LogP contribution is -2.28. The van der Waals surface area contributed by atoms with Gasteiger partial charge in [0.1, 0.15) is 0 Å². The number of benzene rings is 1. The first kappa shape index (κ1) is 12.3. The Labute approximate surface area is 94.1 Å². The van der Waals surface area contributed by atoms with Crippen LogP contribution in [0.2, 0.25) is 0 Å². The van der Waals surface area contributed by atoms with Gasteiger partial charge in [-0.2, -0.15) is 0 Å². The van der Waals surface area contributed by atoms with Crippen molar-refractivity contribution >= 4 is 0 Å². The molecule has 0 saturated carbocycles. The Hall–Kier alpha value is -0.820. The van der Waals surface area contributed by atoms with Gasteiger partial charge in [0.15, 0.2) is 0 Å². The molecule has 0 N–H and O–H groups in total. The molecule has 0 amide bonds. The number of rotatable bonds is 6. The Morgan fingerprint density at radius 2 is 1.67 bits per heavy atom. The fourth-order valence-electron chi connectivity index (χ4n) is 2.00. The van der Waals surface area contributed by atoms with E-state index < -0.39 is 0 Å². The average Bonchev–Trinajstić information content (AvgIpc) is 2.27. The topological polar surface area (TPSA) is 3.24 Å². The summed E-state index contributed by atoms with van der Waals surface area (Å²) in [5.74, 6) is 0.743. The number of hydrogen-bond donors (Lipinski definition) is 0. The summed E-state index contributed by atoms with van der Waals surface area (Å²) in [4.78, 5) is 2.49. The van der Waals surface area contributed by atoms with Crippen LogP contribution < -0.4 is 0 Å². The molecule has 1 aromatic carbocycles.